The predicted molar refractivity (Wildman–Crippen MR) is 70.8 cm³/mol. The summed E-state index contributed by atoms with van der Waals surface area (Å²) in [5, 5.41) is 0. The highest BCUT2D eigenvalue weighted by Crippen LogP contribution is 2.16. The minimum atomic E-state index is 0.246. The summed E-state index contributed by atoms with van der Waals surface area (Å²) in [5.41, 5.74) is 5.81. The van der Waals surface area contributed by atoms with Crippen LogP contribution in [-0.2, 0) is 4.79 Å². The van der Waals surface area contributed by atoms with Crippen LogP contribution >= 0.6 is 0 Å². The fourth-order valence-electron chi connectivity index (χ4n) is 2.56. The third kappa shape index (κ3) is 4.28. The third-order valence-corrected chi connectivity index (χ3v) is 3.73. The molecule has 2 N–H and O–H groups in total. The van der Waals surface area contributed by atoms with Crippen molar-refractivity contribution in [2.24, 2.45) is 5.73 Å². The van der Waals surface area contributed by atoms with Crippen LogP contribution in [0.1, 0.15) is 39.5 Å². The molecule has 1 heterocycles. The van der Waals surface area contributed by atoms with E-state index in [0.29, 0.717) is 19.1 Å². The van der Waals surface area contributed by atoms with Gasteiger partial charge >= 0.3 is 0 Å². The fourth-order valence-corrected chi connectivity index (χ4v) is 2.56. The summed E-state index contributed by atoms with van der Waals surface area (Å²) in [6, 6.07) is 0.400. The maximum Gasteiger partial charge on any atom is 0.236 e. The van der Waals surface area contributed by atoms with Crippen molar-refractivity contribution in [2.75, 3.05) is 32.7 Å². The van der Waals surface area contributed by atoms with Gasteiger partial charge in [0.1, 0.15) is 0 Å². The Morgan fingerprint density at radius 3 is 2.59 bits per heavy atom. The number of carbonyl (C=O) groups excluding carboxylic acids is 1. The van der Waals surface area contributed by atoms with Crippen LogP contribution in [0, 0.1) is 0 Å². The molecule has 1 rings (SSSR count). The van der Waals surface area contributed by atoms with Gasteiger partial charge in [0.25, 0.3) is 0 Å². The first-order valence-electron chi connectivity index (χ1n) is 6.94. The van der Waals surface area contributed by atoms with Crippen molar-refractivity contribution in [3.8, 4) is 0 Å². The summed E-state index contributed by atoms with van der Waals surface area (Å²) in [6.45, 7) is 7.91. The minimum Gasteiger partial charge on any atom is -0.342 e. The molecule has 1 fully saturated rings. The van der Waals surface area contributed by atoms with E-state index in [0.717, 1.165) is 26.1 Å². The zero-order chi connectivity index (χ0) is 12.7. The van der Waals surface area contributed by atoms with Crippen molar-refractivity contribution in [3.63, 3.8) is 0 Å². The molecule has 1 aliphatic heterocycles. The average molecular weight is 241 g/mol. The second kappa shape index (κ2) is 7.67. The Bertz CT molecular complexity index is 229. The van der Waals surface area contributed by atoms with Gasteiger partial charge in [-0.25, -0.2) is 0 Å². The molecular formula is C13H27N3O. The molecule has 17 heavy (non-hydrogen) atoms. The van der Waals surface area contributed by atoms with Crippen molar-refractivity contribution >= 4 is 5.91 Å². The molecule has 4 nitrogen and oxygen atoms in total. The summed E-state index contributed by atoms with van der Waals surface area (Å²) in [7, 11) is 0. The molecular weight excluding hydrogens is 214 g/mol. The molecule has 0 spiro atoms. The van der Waals surface area contributed by atoms with E-state index in [2.05, 4.69) is 4.90 Å². The van der Waals surface area contributed by atoms with Gasteiger partial charge in [0.05, 0.1) is 6.54 Å². The lowest BCUT2D eigenvalue weighted by Gasteiger charge is -2.30. The lowest BCUT2D eigenvalue weighted by Crippen LogP contribution is -2.47. The second-order valence-electron chi connectivity index (χ2n) is 4.78. The van der Waals surface area contributed by atoms with E-state index in [9.17, 15) is 4.79 Å². The smallest absolute Gasteiger partial charge is 0.236 e. The topological polar surface area (TPSA) is 49.6 Å². The van der Waals surface area contributed by atoms with E-state index >= 15 is 0 Å². The second-order valence-corrected chi connectivity index (χ2v) is 4.78. The third-order valence-electron chi connectivity index (χ3n) is 3.73. The van der Waals surface area contributed by atoms with Gasteiger partial charge in [0.15, 0.2) is 0 Å². The number of hydrogen-bond donors (Lipinski definition) is 1. The number of carbonyl (C=O) groups is 1. The Kier molecular flexibility index (Phi) is 6.52. The molecule has 0 radical (unpaired) electrons. The number of amides is 1. The Hall–Kier alpha value is -0.610. The van der Waals surface area contributed by atoms with Gasteiger partial charge in [-0.2, -0.15) is 0 Å². The number of nitrogens with zero attached hydrogens (tertiary/aromatic N) is 2. The number of rotatable bonds is 5. The average Bonchev–Trinajstić information content (AvgIpc) is 2.55. The van der Waals surface area contributed by atoms with Crippen molar-refractivity contribution in [1.29, 1.82) is 0 Å². The number of likely N-dealkylation sites (tertiary alicyclic amines) is 1. The van der Waals surface area contributed by atoms with Crippen LogP contribution in [0.5, 0.6) is 0 Å². The standard InChI is InChI=1S/C13H27N3O/c1-3-15(4-2)13(17)11-16-9-7-5-6-8-12(16)10-14/h12H,3-11,14H2,1-2H3. The number of nitrogens with two attached hydrogens (primary N) is 1. The molecule has 4 heteroatoms. The van der Waals surface area contributed by atoms with E-state index in [1.54, 1.807) is 0 Å². The molecule has 0 aliphatic carbocycles. The van der Waals surface area contributed by atoms with Gasteiger partial charge in [-0.05, 0) is 33.2 Å². The Morgan fingerprint density at radius 2 is 2.00 bits per heavy atom. The maximum absolute atomic E-state index is 12.1. The van der Waals surface area contributed by atoms with Crippen LogP contribution in [0.4, 0.5) is 0 Å². The summed E-state index contributed by atoms with van der Waals surface area (Å²) in [6.07, 6.45) is 4.86. The van der Waals surface area contributed by atoms with Crippen molar-refractivity contribution in [1.82, 2.24) is 9.80 Å². The molecule has 0 aromatic heterocycles. The molecule has 1 unspecified atom stereocenters. The molecule has 1 amide bonds. The minimum absolute atomic E-state index is 0.246. The molecule has 100 valence electrons. The van der Waals surface area contributed by atoms with E-state index in [4.69, 9.17) is 5.73 Å². The fraction of sp³-hybridized carbons (Fsp3) is 0.923. The molecule has 1 saturated heterocycles. The van der Waals surface area contributed by atoms with Crippen LogP contribution < -0.4 is 5.73 Å². The quantitative estimate of drug-likeness (QED) is 0.783. The van der Waals surface area contributed by atoms with E-state index < -0.39 is 0 Å². The van der Waals surface area contributed by atoms with Gasteiger partial charge in [-0.15, -0.1) is 0 Å². The largest absolute Gasteiger partial charge is 0.342 e. The van der Waals surface area contributed by atoms with Gasteiger partial charge in [-0.1, -0.05) is 12.8 Å². The van der Waals surface area contributed by atoms with Crippen LogP contribution in [-0.4, -0.2) is 54.5 Å². The zero-order valence-corrected chi connectivity index (χ0v) is 11.3. The zero-order valence-electron chi connectivity index (χ0n) is 11.3. The normalized spacial score (nSPS) is 22.2. The van der Waals surface area contributed by atoms with Crippen molar-refractivity contribution in [2.45, 2.75) is 45.6 Å². The summed E-state index contributed by atoms with van der Waals surface area (Å²) >= 11 is 0. The summed E-state index contributed by atoms with van der Waals surface area (Å²) in [5.74, 6) is 0.246. The highest BCUT2D eigenvalue weighted by molar-refractivity contribution is 5.78. The monoisotopic (exact) mass is 241 g/mol. The maximum atomic E-state index is 12.1. The summed E-state index contributed by atoms with van der Waals surface area (Å²) < 4.78 is 0. The van der Waals surface area contributed by atoms with Gasteiger partial charge in [0.2, 0.25) is 5.91 Å². The molecule has 0 aromatic rings. The van der Waals surface area contributed by atoms with Crippen LogP contribution in [0.2, 0.25) is 0 Å². The van der Waals surface area contributed by atoms with Crippen LogP contribution in [0.15, 0.2) is 0 Å². The first kappa shape index (κ1) is 14.5. The lowest BCUT2D eigenvalue weighted by atomic mass is 10.1. The Balaban J connectivity index is 2.54. The first-order valence-corrected chi connectivity index (χ1v) is 6.94. The van der Waals surface area contributed by atoms with E-state index in [1.165, 1.54) is 19.3 Å². The highest BCUT2D eigenvalue weighted by Gasteiger charge is 2.23. The van der Waals surface area contributed by atoms with Crippen molar-refractivity contribution in [3.05, 3.63) is 0 Å². The van der Waals surface area contributed by atoms with Crippen LogP contribution in [0.25, 0.3) is 0 Å². The Labute approximate surface area is 105 Å². The van der Waals surface area contributed by atoms with E-state index in [1.807, 2.05) is 18.7 Å². The number of hydrogen-bond acceptors (Lipinski definition) is 3. The highest BCUT2D eigenvalue weighted by atomic mass is 16.2. The predicted octanol–water partition coefficient (Wildman–Crippen LogP) is 1.06. The SMILES string of the molecule is CCN(CC)C(=O)CN1CCCCCC1CN. The molecule has 0 saturated carbocycles. The van der Waals surface area contributed by atoms with Gasteiger partial charge in [-0.3, -0.25) is 9.69 Å². The van der Waals surface area contributed by atoms with Gasteiger partial charge in [0, 0.05) is 25.7 Å². The van der Waals surface area contributed by atoms with E-state index in [-0.39, 0.29) is 5.91 Å². The molecule has 0 aromatic carbocycles. The molecule has 0 bridgehead atoms. The Morgan fingerprint density at radius 1 is 1.29 bits per heavy atom. The molecule has 1 atom stereocenters. The van der Waals surface area contributed by atoms with Crippen molar-refractivity contribution < 1.29 is 4.79 Å². The van der Waals surface area contributed by atoms with Gasteiger partial charge < -0.3 is 10.6 Å². The van der Waals surface area contributed by atoms with Crippen LogP contribution in [0.3, 0.4) is 0 Å². The molecule has 1 aliphatic rings. The number of likely N-dealkylation sites (N-methyl/N-ethyl adjacent to an activating group) is 1. The first-order chi connectivity index (χ1) is 8.22. The lowest BCUT2D eigenvalue weighted by molar-refractivity contribution is -0.132. The summed E-state index contributed by atoms with van der Waals surface area (Å²) in [4.78, 5) is 16.3.